The first-order valence-corrected chi connectivity index (χ1v) is 6.62. The van der Waals surface area contributed by atoms with Crippen LogP contribution in [-0.2, 0) is 12.4 Å². The number of nitriles is 1. The number of benzene rings is 2. The summed E-state index contributed by atoms with van der Waals surface area (Å²) in [6, 6.07) is 17.6. The average Bonchev–Trinajstić information content (AvgIpc) is 2.46. The van der Waals surface area contributed by atoms with E-state index in [4.69, 9.17) is 10.4 Å². The average molecular weight is 255 g/mol. The molecule has 0 bridgehead atoms. The standard InChI is InChI=1S/C15H13NOS/c16-9-12-1-3-14(4-2-12)11-18-15-7-5-13(10-17)6-8-15/h1-8,17H,10-11H2. The van der Waals surface area contributed by atoms with Crippen molar-refractivity contribution in [2.75, 3.05) is 0 Å². The molecule has 0 aliphatic heterocycles. The second kappa shape index (κ2) is 6.25. The Labute approximate surface area is 111 Å². The number of hydrogen-bond donors (Lipinski definition) is 1. The highest BCUT2D eigenvalue weighted by atomic mass is 32.2. The molecular formula is C15H13NOS. The van der Waals surface area contributed by atoms with Gasteiger partial charge in [-0.15, -0.1) is 11.8 Å². The number of thioether (sulfide) groups is 1. The third-order valence-corrected chi connectivity index (χ3v) is 3.68. The zero-order valence-corrected chi connectivity index (χ0v) is 10.7. The highest BCUT2D eigenvalue weighted by molar-refractivity contribution is 7.98. The Morgan fingerprint density at radius 1 is 0.944 bits per heavy atom. The highest BCUT2D eigenvalue weighted by Gasteiger charge is 1.98. The second-order valence-corrected chi connectivity index (χ2v) is 4.95. The summed E-state index contributed by atoms with van der Waals surface area (Å²) in [7, 11) is 0. The summed E-state index contributed by atoms with van der Waals surface area (Å²) < 4.78 is 0. The number of nitrogens with zero attached hydrogens (tertiary/aromatic N) is 1. The predicted octanol–water partition coefficient (Wildman–Crippen LogP) is 3.34. The molecule has 90 valence electrons. The Morgan fingerprint density at radius 2 is 1.56 bits per heavy atom. The first-order valence-electron chi connectivity index (χ1n) is 5.63. The molecule has 0 radical (unpaired) electrons. The molecule has 0 aliphatic carbocycles. The van der Waals surface area contributed by atoms with E-state index in [1.165, 1.54) is 10.5 Å². The van der Waals surface area contributed by atoms with Crippen LogP contribution < -0.4 is 0 Å². The summed E-state index contributed by atoms with van der Waals surface area (Å²) in [4.78, 5) is 1.18. The molecule has 0 heterocycles. The molecule has 2 aromatic rings. The normalized spacial score (nSPS) is 10.0. The first kappa shape index (κ1) is 12.7. The van der Waals surface area contributed by atoms with Crippen LogP contribution >= 0.6 is 11.8 Å². The van der Waals surface area contributed by atoms with Gasteiger partial charge in [0.2, 0.25) is 0 Å². The van der Waals surface area contributed by atoms with Crippen LogP contribution in [0.5, 0.6) is 0 Å². The van der Waals surface area contributed by atoms with Crippen molar-refractivity contribution in [3.8, 4) is 6.07 Å². The molecule has 0 atom stereocenters. The van der Waals surface area contributed by atoms with Crippen LogP contribution in [0.2, 0.25) is 0 Å². The van der Waals surface area contributed by atoms with E-state index in [0.29, 0.717) is 5.56 Å². The molecule has 0 amide bonds. The van der Waals surface area contributed by atoms with Gasteiger partial charge in [0, 0.05) is 10.6 Å². The lowest BCUT2D eigenvalue weighted by atomic mass is 10.2. The number of rotatable bonds is 4. The zero-order chi connectivity index (χ0) is 12.8. The molecule has 0 fully saturated rings. The van der Waals surface area contributed by atoms with E-state index in [2.05, 4.69) is 6.07 Å². The Morgan fingerprint density at radius 3 is 2.11 bits per heavy atom. The lowest BCUT2D eigenvalue weighted by Gasteiger charge is -2.03. The van der Waals surface area contributed by atoms with Crippen LogP contribution in [0.15, 0.2) is 53.4 Å². The van der Waals surface area contributed by atoms with Crippen LogP contribution in [0.3, 0.4) is 0 Å². The van der Waals surface area contributed by atoms with Crippen molar-refractivity contribution in [3.63, 3.8) is 0 Å². The Kier molecular flexibility index (Phi) is 4.40. The quantitative estimate of drug-likeness (QED) is 0.852. The van der Waals surface area contributed by atoms with E-state index < -0.39 is 0 Å². The van der Waals surface area contributed by atoms with Crippen molar-refractivity contribution in [2.24, 2.45) is 0 Å². The minimum absolute atomic E-state index is 0.0839. The summed E-state index contributed by atoms with van der Waals surface area (Å²) >= 11 is 1.74. The van der Waals surface area contributed by atoms with Crippen molar-refractivity contribution >= 4 is 11.8 Å². The molecule has 2 rings (SSSR count). The summed E-state index contributed by atoms with van der Waals surface area (Å²) in [5.41, 5.74) is 2.82. The fourth-order valence-corrected chi connectivity index (χ4v) is 2.39. The van der Waals surface area contributed by atoms with Gasteiger partial charge < -0.3 is 5.11 Å². The maximum absolute atomic E-state index is 8.95. The monoisotopic (exact) mass is 255 g/mol. The molecule has 0 saturated carbocycles. The predicted molar refractivity (Wildman–Crippen MR) is 73.1 cm³/mol. The molecule has 0 spiro atoms. The van der Waals surface area contributed by atoms with Crippen molar-refractivity contribution in [2.45, 2.75) is 17.3 Å². The van der Waals surface area contributed by atoms with Crippen molar-refractivity contribution in [1.82, 2.24) is 0 Å². The minimum atomic E-state index is 0.0839. The Bertz CT molecular complexity index is 540. The third kappa shape index (κ3) is 3.36. The van der Waals surface area contributed by atoms with Crippen LogP contribution in [0.25, 0.3) is 0 Å². The summed E-state index contributed by atoms with van der Waals surface area (Å²) in [5.74, 6) is 0.879. The summed E-state index contributed by atoms with van der Waals surface area (Å²) in [5, 5.41) is 17.7. The van der Waals surface area contributed by atoms with Crippen LogP contribution in [0.1, 0.15) is 16.7 Å². The maximum Gasteiger partial charge on any atom is 0.0991 e. The van der Waals surface area contributed by atoms with E-state index in [-0.39, 0.29) is 6.61 Å². The smallest absolute Gasteiger partial charge is 0.0991 e. The van der Waals surface area contributed by atoms with Gasteiger partial charge in [-0.1, -0.05) is 24.3 Å². The van der Waals surface area contributed by atoms with Crippen LogP contribution in [0.4, 0.5) is 0 Å². The fraction of sp³-hybridized carbons (Fsp3) is 0.133. The second-order valence-electron chi connectivity index (χ2n) is 3.90. The topological polar surface area (TPSA) is 44.0 Å². The van der Waals surface area contributed by atoms with E-state index in [1.54, 1.807) is 11.8 Å². The lowest BCUT2D eigenvalue weighted by Crippen LogP contribution is -1.84. The van der Waals surface area contributed by atoms with Gasteiger partial charge in [0.1, 0.15) is 0 Å². The molecule has 0 unspecified atom stereocenters. The van der Waals surface area contributed by atoms with E-state index in [1.807, 2.05) is 48.5 Å². The number of aliphatic hydroxyl groups excluding tert-OH is 1. The van der Waals surface area contributed by atoms with Gasteiger partial charge in [0.15, 0.2) is 0 Å². The largest absolute Gasteiger partial charge is 0.392 e. The molecule has 0 aromatic heterocycles. The third-order valence-electron chi connectivity index (χ3n) is 2.59. The Hall–Kier alpha value is -1.76. The number of aliphatic hydroxyl groups is 1. The van der Waals surface area contributed by atoms with Gasteiger partial charge >= 0.3 is 0 Å². The van der Waals surface area contributed by atoms with E-state index in [9.17, 15) is 0 Å². The zero-order valence-electron chi connectivity index (χ0n) is 9.84. The number of hydrogen-bond acceptors (Lipinski definition) is 3. The van der Waals surface area contributed by atoms with Crippen molar-refractivity contribution < 1.29 is 5.11 Å². The van der Waals surface area contributed by atoms with Gasteiger partial charge in [0.25, 0.3) is 0 Å². The van der Waals surface area contributed by atoms with E-state index >= 15 is 0 Å². The fourth-order valence-electron chi connectivity index (χ4n) is 1.53. The molecule has 1 N–H and O–H groups in total. The highest BCUT2D eigenvalue weighted by Crippen LogP contribution is 2.23. The van der Waals surface area contributed by atoms with Crippen LogP contribution in [0, 0.1) is 11.3 Å². The van der Waals surface area contributed by atoms with Gasteiger partial charge in [-0.3, -0.25) is 0 Å². The lowest BCUT2D eigenvalue weighted by molar-refractivity contribution is 0.282. The molecule has 0 aliphatic rings. The maximum atomic E-state index is 8.95. The van der Waals surface area contributed by atoms with Gasteiger partial charge in [0.05, 0.1) is 18.2 Å². The van der Waals surface area contributed by atoms with E-state index in [0.717, 1.165) is 11.3 Å². The van der Waals surface area contributed by atoms with Gasteiger partial charge in [-0.2, -0.15) is 5.26 Å². The van der Waals surface area contributed by atoms with Gasteiger partial charge in [-0.05, 0) is 35.4 Å². The van der Waals surface area contributed by atoms with Crippen molar-refractivity contribution in [3.05, 3.63) is 65.2 Å². The molecule has 3 heteroatoms. The van der Waals surface area contributed by atoms with Crippen molar-refractivity contribution in [1.29, 1.82) is 5.26 Å². The molecule has 2 nitrogen and oxygen atoms in total. The molecule has 18 heavy (non-hydrogen) atoms. The SMILES string of the molecule is N#Cc1ccc(CSc2ccc(CO)cc2)cc1. The first-order chi connectivity index (χ1) is 8.81. The molecular weight excluding hydrogens is 242 g/mol. The minimum Gasteiger partial charge on any atom is -0.392 e. The van der Waals surface area contributed by atoms with Gasteiger partial charge in [-0.25, -0.2) is 0 Å². The molecule has 2 aromatic carbocycles. The summed E-state index contributed by atoms with van der Waals surface area (Å²) in [6.07, 6.45) is 0. The summed E-state index contributed by atoms with van der Waals surface area (Å²) in [6.45, 7) is 0.0839. The molecule has 0 saturated heterocycles. The van der Waals surface area contributed by atoms with Crippen LogP contribution in [-0.4, -0.2) is 5.11 Å². The Balaban J connectivity index is 1.95.